The van der Waals surface area contributed by atoms with E-state index in [0.717, 1.165) is 0 Å². The summed E-state index contributed by atoms with van der Waals surface area (Å²) in [5, 5.41) is 15.0. The average molecular weight is 255 g/mol. The molecule has 2 N–H and O–H groups in total. The van der Waals surface area contributed by atoms with Crippen molar-refractivity contribution < 1.29 is 19.2 Å². The van der Waals surface area contributed by atoms with Gasteiger partial charge in [0.1, 0.15) is 6.04 Å². The highest BCUT2D eigenvalue weighted by molar-refractivity contribution is 5.83. The van der Waals surface area contributed by atoms with Crippen LogP contribution in [0.2, 0.25) is 0 Å². The van der Waals surface area contributed by atoms with Crippen LogP contribution in [0.15, 0.2) is 4.52 Å². The van der Waals surface area contributed by atoms with Crippen molar-refractivity contribution in [1.82, 2.24) is 15.5 Å². The Morgan fingerprint density at radius 1 is 1.50 bits per heavy atom. The van der Waals surface area contributed by atoms with Gasteiger partial charge >= 0.3 is 5.97 Å². The number of carbonyl (C=O) groups is 2. The molecule has 7 nitrogen and oxygen atoms in total. The summed E-state index contributed by atoms with van der Waals surface area (Å²) in [6.45, 7) is 3.55. The van der Waals surface area contributed by atoms with Gasteiger partial charge in [-0.25, -0.2) is 4.79 Å². The van der Waals surface area contributed by atoms with Crippen LogP contribution in [0.5, 0.6) is 0 Å². The summed E-state index contributed by atoms with van der Waals surface area (Å²) in [6.07, 6.45) is 1.56. The van der Waals surface area contributed by atoms with Gasteiger partial charge in [-0.15, -0.1) is 0 Å². The predicted molar refractivity (Wildman–Crippen MR) is 61.8 cm³/mol. The molecule has 18 heavy (non-hydrogen) atoms. The lowest BCUT2D eigenvalue weighted by molar-refractivity contribution is -0.142. The molecular formula is C11H17N3O4. The third-order valence-electron chi connectivity index (χ3n) is 2.35. The Morgan fingerprint density at radius 2 is 2.22 bits per heavy atom. The van der Waals surface area contributed by atoms with E-state index in [0.29, 0.717) is 31.0 Å². The molecule has 0 radical (unpaired) electrons. The molecule has 0 aliphatic heterocycles. The zero-order valence-electron chi connectivity index (χ0n) is 10.5. The monoisotopic (exact) mass is 255 g/mol. The number of carboxylic acids is 1. The molecule has 100 valence electrons. The number of hydrogen-bond acceptors (Lipinski definition) is 5. The number of carbonyl (C=O) groups excluding carboxylic acids is 1. The first kappa shape index (κ1) is 14.1. The van der Waals surface area contributed by atoms with Gasteiger partial charge < -0.3 is 14.9 Å². The molecular weight excluding hydrogens is 238 g/mol. The number of aliphatic carboxylic acids is 1. The Bertz CT molecular complexity index is 416. The number of aryl methyl sites for hydroxylation is 2. The van der Waals surface area contributed by atoms with Crippen molar-refractivity contribution in [3.05, 3.63) is 11.7 Å². The largest absolute Gasteiger partial charge is 0.480 e. The van der Waals surface area contributed by atoms with E-state index in [1.165, 1.54) is 0 Å². The quantitative estimate of drug-likeness (QED) is 0.742. The van der Waals surface area contributed by atoms with Crippen molar-refractivity contribution >= 4 is 11.9 Å². The maximum absolute atomic E-state index is 11.5. The second-order valence-electron chi connectivity index (χ2n) is 3.98. The molecule has 1 rings (SSSR count). The third-order valence-corrected chi connectivity index (χ3v) is 2.35. The lowest BCUT2D eigenvalue weighted by atomic mass is 10.1. The van der Waals surface area contributed by atoms with E-state index in [2.05, 4.69) is 15.5 Å². The summed E-state index contributed by atoms with van der Waals surface area (Å²) in [5.74, 6) is -0.449. The highest BCUT2D eigenvalue weighted by Gasteiger charge is 2.18. The van der Waals surface area contributed by atoms with Gasteiger partial charge in [-0.1, -0.05) is 18.5 Å². The minimum absolute atomic E-state index is 0.134. The Morgan fingerprint density at radius 3 is 2.72 bits per heavy atom. The van der Waals surface area contributed by atoms with E-state index < -0.39 is 12.0 Å². The zero-order valence-corrected chi connectivity index (χ0v) is 10.5. The number of carboxylic acid groups (broad SMARTS) is 1. The first-order valence-electron chi connectivity index (χ1n) is 5.84. The van der Waals surface area contributed by atoms with E-state index in [1.54, 1.807) is 6.92 Å². The lowest BCUT2D eigenvalue weighted by Gasteiger charge is -2.12. The Labute approximate surface area is 105 Å². The minimum atomic E-state index is -1.01. The van der Waals surface area contributed by atoms with Gasteiger partial charge in [-0.3, -0.25) is 4.79 Å². The van der Waals surface area contributed by atoms with Gasteiger partial charge in [0.2, 0.25) is 11.8 Å². The zero-order chi connectivity index (χ0) is 13.5. The molecule has 7 heteroatoms. The second kappa shape index (κ2) is 6.73. The van der Waals surface area contributed by atoms with E-state index in [1.807, 2.05) is 6.92 Å². The number of rotatable bonds is 7. The number of hydrogen-bond donors (Lipinski definition) is 2. The van der Waals surface area contributed by atoms with Crippen LogP contribution < -0.4 is 5.32 Å². The molecule has 0 saturated heterocycles. The van der Waals surface area contributed by atoms with Gasteiger partial charge in [0.05, 0.1) is 0 Å². The molecule has 1 amide bonds. The van der Waals surface area contributed by atoms with Crippen molar-refractivity contribution in [2.45, 2.75) is 45.6 Å². The SMILES string of the molecule is CCC[C@H](NC(=O)CCc1nc(C)no1)C(=O)O. The smallest absolute Gasteiger partial charge is 0.326 e. The minimum Gasteiger partial charge on any atom is -0.480 e. The summed E-state index contributed by atoms with van der Waals surface area (Å²) in [5.41, 5.74) is 0. The first-order valence-corrected chi connectivity index (χ1v) is 5.84. The van der Waals surface area contributed by atoms with Crippen molar-refractivity contribution in [1.29, 1.82) is 0 Å². The standard InChI is InChI=1S/C11H17N3O4/c1-3-4-8(11(16)17)13-9(15)5-6-10-12-7(2)14-18-10/h8H,3-6H2,1-2H3,(H,13,15)(H,16,17)/t8-/m0/s1. The van der Waals surface area contributed by atoms with Crippen LogP contribution in [-0.4, -0.2) is 33.2 Å². The van der Waals surface area contributed by atoms with E-state index in [9.17, 15) is 9.59 Å². The molecule has 0 saturated carbocycles. The van der Waals surface area contributed by atoms with Gasteiger partial charge in [-0.05, 0) is 13.3 Å². The second-order valence-corrected chi connectivity index (χ2v) is 3.98. The van der Waals surface area contributed by atoms with Crippen LogP contribution in [-0.2, 0) is 16.0 Å². The van der Waals surface area contributed by atoms with E-state index >= 15 is 0 Å². The summed E-state index contributed by atoms with van der Waals surface area (Å²) >= 11 is 0. The predicted octanol–water partition coefficient (Wildman–Crippen LogP) is 0.680. The third kappa shape index (κ3) is 4.52. The number of nitrogens with zero attached hydrogens (tertiary/aromatic N) is 2. The Hall–Kier alpha value is -1.92. The van der Waals surface area contributed by atoms with Crippen LogP contribution in [0.1, 0.15) is 37.9 Å². The highest BCUT2D eigenvalue weighted by Crippen LogP contribution is 2.02. The van der Waals surface area contributed by atoms with Gasteiger partial charge in [0.15, 0.2) is 5.82 Å². The van der Waals surface area contributed by atoms with Crippen LogP contribution in [0.3, 0.4) is 0 Å². The van der Waals surface area contributed by atoms with Gasteiger partial charge in [0.25, 0.3) is 0 Å². The van der Waals surface area contributed by atoms with Crippen LogP contribution in [0, 0.1) is 6.92 Å². The Balaban J connectivity index is 2.38. The number of amides is 1. The first-order chi connectivity index (χ1) is 8.52. The summed E-state index contributed by atoms with van der Waals surface area (Å²) in [4.78, 5) is 26.4. The summed E-state index contributed by atoms with van der Waals surface area (Å²) in [6, 6.07) is -0.827. The van der Waals surface area contributed by atoms with Gasteiger partial charge in [-0.2, -0.15) is 4.98 Å². The van der Waals surface area contributed by atoms with Crippen molar-refractivity contribution in [2.24, 2.45) is 0 Å². The normalized spacial score (nSPS) is 12.1. The summed E-state index contributed by atoms with van der Waals surface area (Å²) < 4.78 is 4.86. The fraction of sp³-hybridized carbons (Fsp3) is 0.636. The molecule has 0 bridgehead atoms. The highest BCUT2D eigenvalue weighted by atomic mass is 16.5. The van der Waals surface area contributed by atoms with Crippen LogP contribution in [0.4, 0.5) is 0 Å². The Kier molecular flexibility index (Phi) is 5.29. The van der Waals surface area contributed by atoms with Crippen molar-refractivity contribution in [2.75, 3.05) is 0 Å². The topological polar surface area (TPSA) is 105 Å². The fourth-order valence-electron chi connectivity index (χ4n) is 1.47. The molecule has 0 unspecified atom stereocenters. The lowest BCUT2D eigenvalue weighted by Crippen LogP contribution is -2.40. The molecule has 0 spiro atoms. The van der Waals surface area contributed by atoms with Crippen molar-refractivity contribution in [3.8, 4) is 0 Å². The van der Waals surface area contributed by atoms with E-state index in [-0.39, 0.29) is 12.3 Å². The molecule has 1 aromatic heterocycles. The molecule has 0 aliphatic rings. The number of aromatic nitrogens is 2. The molecule has 1 aromatic rings. The summed E-state index contributed by atoms with van der Waals surface area (Å²) in [7, 11) is 0. The number of nitrogens with one attached hydrogen (secondary N) is 1. The average Bonchev–Trinajstić information content (AvgIpc) is 2.72. The molecule has 0 aliphatic carbocycles. The maximum atomic E-state index is 11.5. The van der Waals surface area contributed by atoms with Crippen molar-refractivity contribution in [3.63, 3.8) is 0 Å². The molecule has 0 fully saturated rings. The molecule has 1 heterocycles. The maximum Gasteiger partial charge on any atom is 0.326 e. The molecule has 0 aromatic carbocycles. The fourth-order valence-corrected chi connectivity index (χ4v) is 1.47. The van der Waals surface area contributed by atoms with E-state index in [4.69, 9.17) is 9.63 Å². The van der Waals surface area contributed by atoms with Crippen LogP contribution >= 0.6 is 0 Å². The van der Waals surface area contributed by atoms with Crippen LogP contribution in [0.25, 0.3) is 0 Å². The molecule has 1 atom stereocenters. The van der Waals surface area contributed by atoms with Gasteiger partial charge in [0, 0.05) is 12.8 Å².